The van der Waals surface area contributed by atoms with Gasteiger partial charge in [-0.15, -0.1) is 10.2 Å². The molecule has 0 radical (unpaired) electrons. The van der Waals surface area contributed by atoms with Crippen LogP contribution in [0.25, 0.3) is 0 Å². The largest absolute Gasteiger partial charge is 0.464 e. The minimum atomic E-state index is -0.0147. The van der Waals surface area contributed by atoms with E-state index in [-0.39, 0.29) is 6.10 Å². The topological polar surface area (TPSA) is 56.3 Å². The first-order valence-electron chi connectivity index (χ1n) is 7.97. The van der Waals surface area contributed by atoms with E-state index in [1.807, 2.05) is 11.6 Å². The van der Waals surface area contributed by atoms with E-state index in [0.29, 0.717) is 12.5 Å². The molecule has 1 aliphatic carbocycles. The van der Waals surface area contributed by atoms with Gasteiger partial charge in [0.05, 0.1) is 13.2 Å². The van der Waals surface area contributed by atoms with E-state index < -0.39 is 0 Å². The van der Waals surface area contributed by atoms with Gasteiger partial charge in [-0.2, -0.15) is 0 Å². The van der Waals surface area contributed by atoms with Crippen molar-refractivity contribution in [2.75, 3.05) is 19.7 Å². The molecule has 0 spiro atoms. The molecule has 6 nitrogen and oxygen atoms in total. The Kier molecular flexibility index (Phi) is 3.50. The van der Waals surface area contributed by atoms with Crippen molar-refractivity contribution in [1.82, 2.24) is 19.7 Å². The van der Waals surface area contributed by atoms with Gasteiger partial charge in [-0.1, -0.05) is 6.92 Å². The van der Waals surface area contributed by atoms with Gasteiger partial charge in [0.2, 0.25) is 0 Å². The lowest BCUT2D eigenvalue weighted by Crippen LogP contribution is -2.38. The van der Waals surface area contributed by atoms with Gasteiger partial charge in [0.15, 0.2) is 5.82 Å². The summed E-state index contributed by atoms with van der Waals surface area (Å²) in [5, 5.41) is 8.10. The molecule has 6 heteroatoms. The van der Waals surface area contributed by atoms with Gasteiger partial charge in [0, 0.05) is 26.1 Å². The van der Waals surface area contributed by atoms with Crippen LogP contribution in [0.3, 0.4) is 0 Å². The van der Waals surface area contributed by atoms with E-state index in [1.54, 1.807) is 6.33 Å². The Bertz CT molecular complexity index is 650. The zero-order chi connectivity index (χ0) is 15.1. The number of ether oxygens (including phenoxy) is 1. The Hall–Kier alpha value is -1.66. The second kappa shape index (κ2) is 5.52. The minimum absolute atomic E-state index is 0.0147. The number of nitrogens with zero attached hydrogens (tertiary/aromatic N) is 4. The van der Waals surface area contributed by atoms with Gasteiger partial charge >= 0.3 is 0 Å². The summed E-state index contributed by atoms with van der Waals surface area (Å²) >= 11 is 0. The lowest BCUT2D eigenvalue weighted by Gasteiger charge is -2.31. The fraction of sp³-hybridized carbons (Fsp3) is 0.625. The number of rotatable bonds is 4. The molecule has 1 saturated heterocycles. The second-order valence-electron chi connectivity index (χ2n) is 6.52. The lowest BCUT2D eigenvalue weighted by atomic mass is 10.2. The Morgan fingerprint density at radius 1 is 1.36 bits per heavy atom. The normalized spacial score (nSPS) is 28.9. The molecule has 3 atom stereocenters. The van der Waals surface area contributed by atoms with Crippen LogP contribution in [0.15, 0.2) is 22.9 Å². The minimum Gasteiger partial charge on any atom is -0.464 e. The summed E-state index contributed by atoms with van der Waals surface area (Å²) in [6.45, 7) is 5.57. The third-order valence-electron chi connectivity index (χ3n) is 4.72. The van der Waals surface area contributed by atoms with E-state index in [2.05, 4.69) is 34.2 Å². The SMILES string of the molecule is CC1CC1c1ccc(CN2CCOC(c3nncn3C)C2)o1. The van der Waals surface area contributed by atoms with Crippen molar-refractivity contribution in [3.05, 3.63) is 35.8 Å². The second-order valence-corrected chi connectivity index (χ2v) is 6.52. The predicted molar refractivity (Wildman–Crippen MR) is 80.2 cm³/mol. The highest BCUT2D eigenvalue weighted by atomic mass is 16.5. The highest BCUT2D eigenvalue weighted by Crippen LogP contribution is 2.47. The van der Waals surface area contributed by atoms with Crippen molar-refractivity contribution in [1.29, 1.82) is 0 Å². The van der Waals surface area contributed by atoms with Crippen molar-refractivity contribution >= 4 is 0 Å². The smallest absolute Gasteiger partial charge is 0.163 e. The molecule has 0 bridgehead atoms. The Morgan fingerprint density at radius 3 is 2.95 bits per heavy atom. The van der Waals surface area contributed by atoms with Crippen molar-refractivity contribution in [2.24, 2.45) is 13.0 Å². The highest BCUT2D eigenvalue weighted by molar-refractivity contribution is 5.17. The Balaban J connectivity index is 1.40. The van der Waals surface area contributed by atoms with Crippen LogP contribution in [0.5, 0.6) is 0 Å². The predicted octanol–water partition coefficient (Wildman–Crippen LogP) is 2.10. The number of hydrogen-bond donors (Lipinski definition) is 0. The molecule has 0 aromatic carbocycles. The summed E-state index contributed by atoms with van der Waals surface area (Å²) in [6.07, 6.45) is 2.96. The fourth-order valence-corrected chi connectivity index (χ4v) is 3.20. The van der Waals surface area contributed by atoms with Crippen molar-refractivity contribution in [3.63, 3.8) is 0 Å². The highest BCUT2D eigenvalue weighted by Gasteiger charge is 2.36. The molecule has 2 aliphatic rings. The van der Waals surface area contributed by atoms with E-state index in [9.17, 15) is 0 Å². The van der Waals surface area contributed by atoms with Crippen LogP contribution in [-0.2, 0) is 18.3 Å². The molecule has 2 aromatic rings. The number of morpholine rings is 1. The first-order valence-corrected chi connectivity index (χ1v) is 7.97. The number of aromatic nitrogens is 3. The van der Waals surface area contributed by atoms with Gasteiger partial charge in [0.25, 0.3) is 0 Å². The van der Waals surface area contributed by atoms with Crippen LogP contribution in [0.1, 0.15) is 42.7 Å². The van der Waals surface area contributed by atoms with E-state index >= 15 is 0 Å². The molecular formula is C16H22N4O2. The molecule has 0 amide bonds. The first kappa shape index (κ1) is 14.0. The zero-order valence-corrected chi connectivity index (χ0v) is 13.1. The first-order chi connectivity index (χ1) is 10.7. The van der Waals surface area contributed by atoms with E-state index in [0.717, 1.165) is 42.9 Å². The van der Waals surface area contributed by atoms with Gasteiger partial charge in [-0.25, -0.2) is 0 Å². The van der Waals surface area contributed by atoms with Crippen LogP contribution < -0.4 is 0 Å². The summed E-state index contributed by atoms with van der Waals surface area (Å²) in [6, 6.07) is 4.26. The summed E-state index contributed by atoms with van der Waals surface area (Å²) in [5.41, 5.74) is 0. The van der Waals surface area contributed by atoms with Crippen LogP contribution in [0, 0.1) is 5.92 Å². The Labute approximate surface area is 130 Å². The maximum Gasteiger partial charge on any atom is 0.163 e. The molecule has 4 rings (SSSR count). The van der Waals surface area contributed by atoms with Gasteiger partial charge < -0.3 is 13.7 Å². The maximum absolute atomic E-state index is 6.01. The molecule has 1 saturated carbocycles. The monoisotopic (exact) mass is 302 g/mol. The van der Waals surface area contributed by atoms with Crippen LogP contribution in [0.2, 0.25) is 0 Å². The lowest BCUT2D eigenvalue weighted by molar-refractivity contribution is -0.0403. The standard InChI is InChI=1S/C16H22N4O2/c1-11-7-13(11)14-4-3-12(22-14)8-20-5-6-21-15(9-20)16-18-17-10-19(16)2/h3-4,10-11,13,15H,5-9H2,1-2H3. The molecule has 22 heavy (non-hydrogen) atoms. The van der Waals surface area contributed by atoms with Crippen LogP contribution >= 0.6 is 0 Å². The molecule has 2 aromatic heterocycles. The molecule has 0 N–H and O–H groups in total. The van der Waals surface area contributed by atoms with E-state index in [1.165, 1.54) is 6.42 Å². The third kappa shape index (κ3) is 2.68. The Morgan fingerprint density at radius 2 is 2.23 bits per heavy atom. The molecule has 2 fully saturated rings. The maximum atomic E-state index is 6.01. The van der Waals surface area contributed by atoms with Crippen molar-refractivity contribution in [3.8, 4) is 0 Å². The number of aryl methyl sites for hydroxylation is 1. The van der Waals surface area contributed by atoms with Crippen molar-refractivity contribution < 1.29 is 9.15 Å². The average molecular weight is 302 g/mol. The summed E-state index contributed by atoms with van der Waals surface area (Å²) in [4.78, 5) is 2.36. The molecular weight excluding hydrogens is 280 g/mol. The quantitative estimate of drug-likeness (QED) is 0.866. The number of hydrogen-bond acceptors (Lipinski definition) is 5. The van der Waals surface area contributed by atoms with Crippen LogP contribution in [0.4, 0.5) is 0 Å². The molecule has 1 aliphatic heterocycles. The van der Waals surface area contributed by atoms with Gasteiger partial charge in [-0.3, -0.25) is 4.90 Å². The molecule has 3 heterocycles. The molecule has 118 valence electrons. The average Bonchev–Trinajstić information content (AvgIpc) is 2.89. The van der Waals surface area contributed by atoms with Gasteiger partial charge in [-0.05, 0) is 24.5 Å². The van der Waals surface area contributed by atoms with Crippen molar-refractivity contribution in [2.45, 2.75) is 31.9 Å². The number of furan rings is 1. The molecule has 3 unspecified atom stereocenters. The third-order valence-corrected chi connectivity index (χ3v) is 4.72. The fourth-order valence-electron chi connectivity index (χ4n) is 3.20. The summed E-state index contributed by atoms with van der Waals surface area (Å²) in [7, 11) is 1.95. The van der Waals surface area contributed by atoms with E-state index in [4.69, 9.17) is 9.15 Å². The summed E-state index contributed by atoms with van der Waals surface area (Å²) < 4.78 is 13.8. The van der Waals surface area contributed by atoms with Crippen LogP contribution in [-0.4, -0.2) is 39.4 Å². The van der Waals surface area contributed by atoms with Gasteiger partial charge in [0.1, 0.15) is 24.0 Å². The summed E-state index contributed by atoms with van der Waals surface area (Å²) in [5.74, 6) is 4.51. The zero-order valence-electron chi connectivity index (χ0n) is 13.1.